The van der Waals surface area contributed by atoms with Crippen molar-refractivity contribution in [3.05, 3.63) is 53.1 Å². The Hall–Kier alpha value is -2.40. The number of hydrogen-bond acceptors (Lipinski definition) is 4. The van der Waals surface area contributed by atoms with Crippen molar-refractivity contribution in [1.29, 1.82) is 0 Å². The van der Waals surface area contributed by atoms with Crippen molar-refractivity contribution in [2.75, 3.05) is 45.3 Å². The molecule has 2 aromatic carbocycles. The van der Waals surface area contributed by atoms with E-state index < -0.39 is 0 Å². The molecule has 0 spiro atoms. The summed E-state index contributed by atoms with van der Waals surface area (Å²) >= 11 is 6.07. The highest BCUT2D eigenvalue weighted by Gasteiger charge is 2.23. The largest absolute Gasteiger partial charge is 0.497 e. The number of piperazine rings is 1. The molecule has 0 radical (unpaired) electrons. The molecule has 3 rings (SSSR count). The molecule has 132 valence electrons. The van der Waals surface area contributed by atoms with Crippen LogP contribution in [0, 0.1) is 0 Å². The Bertz CT molecular complexity index is 736. The standard InChI is InChI=1S/C19H21ClN2O3/c1-24-17-10-14(11-18(13-17)25-2)19(23)22-8-6-21(7-9-22)16-5-3-4-15(20)12-16/h3-5,10-13H,6-9H2,1-2H3. The number of amides is 1. The maximum absolute atomic E-state index is 12.8. The number of hydrogen-bond donors (Lipinski definition) is 0. The number of halogens is 1. The Kier molecular flexibility index (Phi) is 5.34. The Morgan fingerprint density at radius 2 is 1.60 bits per heavy atom. The maximum atomic E-state index is 12.8. The first-order chi connectivity index (χ1) is 12.1. The smallest absolute Gasteiger partial charge is 0.254 e. The Balaban J connectivity index is 1.69. The van der Waals surface area contributed by atoms with Crippen LogP contribution in [0.5, 0.6) is 11.5 Å². The lowest BCUT2D eigenvalue weighted by Crippen LogP contribution is -2.48. The number of ether oxygens (including phenoxy) is 2. The molecule has 1 aliphatic rings. The van der Waals surface area contributed by atoms with Crippen LogP contribution in [0.3, 0.4) is 0 Å². The molecule has 2 aromatic rings. The van der Waals surface area contributed by atoms with Gasteiger partial charge in [0.25, 0.3) is 5.91 Å². The molecule has 1 aliphatic heterocycles. The number of methoxy groups -OCH3 is 2. The second-order valence-electron chi connectivity index (χ2n) is 5.86. The molecule has 0 atom stereocenters. The van der Waals surface area contributed by atoms with E-state index in [2.05, 4.69) is 4.90 Å². The van der Waals surface area contributed by atoms with Crippen molar-refractivity contribution in [2.45, 2.75) is 0 Å². The molecule has 25 heavy (non-hydrogen) atoms. The third-order valence-corrected chi connectivity index (χ3v) is 4.57. The van der Waals surface area contributed by atoms with E-state index in [0.29, 0.717) is 30.2 Å². The highest BCUT2D eigenvalue weighted by molar-refractivity contribution is 6.30. The Labute approximate surface area is 152 Å². The number of carbonyl (C=O) groups is 1. The molecule has 6 heteroatoms. The van der Waals surface area contributed by atoms with Crippen LogP contribution in [0.1, 0.15) is 10.4 Å². The van der Waals surface area contributed by atoms with E-state index in [9.17, 15) is 4.79 Å². The number of nitrogens with zero attached hydrogens (tertiary/aromatic N) is 2. The molecule has 0 aliphatic carbocycles. The molecule has 0 unspecified atom stereocenters. The van der Waals surface area contributed by atoms with Crippen molar-refractivity contribution < 1.29 is 14.3 Å². The lowest BCUT2D eigenvalue weighted by atomic mass is 10.1. The van der Waals surface area contributed by atoms with Gasteiger partial charge in [-0.1, -0.05) is 17.7 Å². The summed E-state index contributed by atoms with van der Waals surface area (Å²) in [7, 11) is 3.15. The highest BCUT2D eigenvalue weighted by Crippen LogP contribution is 2.25. The number of carbonyl (C=O) groups excluding carboxylic acids is 1. The number of anilines is 1. The van der Waals surface area contributed by atoms with Crippen LogP contribution < -0.4 is 14.4 Å². The van der Waals surface area contributed by atoms with Gasteiger partial charge in [-0.3, -0.25) is 4.79 Å². The molecule has 0 saturated carbocycles. The van der Waals surface area contributed by atoms with E-state index in [1.54, 1.807) is 32.4 Å². The fourth-order valence-corrected chi connectivity index (χ4v) is 3.14. The Morgan fingerprint density at radius 1 is 0.960 bits per heavy atom. The Morgan fingerprint density at radius 3 is 2.16 bits per heavy atom. The molecule has 1 amide bonds. The van der Waals surface area contributed by atoms with E-state index in [4.69, 9.17) is 21.1 Å². The molecule has 5 nitrogen and oxygen atoms in total. The lowest BCUT2D eigenvalue weighted by Gasteiger charge is -2.36. The van der Waals surface area contributed by atoms with Gasteiger partial charge < -0.3 is 19.3 Å². The van der Waals surface area contributed by atoms with Crippen LogP contribution in [0.15, 0.2) is 42.5 Å². The van der Waals surface area contributed by atoms with E-state index in [1.807, 2.05) is 29.2 Å². The van der Waals surface area contributed by atoms with E-state index >= 15 is 0 Å². The highest BCUT2D eigenvalue weighted by atomic mass is 35.5. The summed E-state index contributed by atoms with van der Waals surface area (Å²) in [6.07, 6.45) is 0. The summed E-state index contributed by atoms with van der Waals surface area (Å²) in [5, 5.41) is 0.722. The summed E-state index contributed by atoms with van der Waals surface area (Å²) in [5.41, 5.74) is 1.66. The van der Waals surface area contributed by atoms with Crippen LogP contribution >= 0.6 is 11.6 Å². The van der Waals surface area contributed by atoms with Gasteiger partial charge in [0.2, 0.25) is 0 Å². The van der Waals surface area contributed by atoms with Gasteiger partial charge in [0.05, 0.1) is 14.2 Å². The first-order valence-electron chi connectivity index (χ1n) is 8.13. The molecular formula is C19H21ClN2O3. The lowest BCUT2D eigenvalue weighted by molar-refractivity contribution is 0.0746. The van der Waals surface area contributed by atoms with Crippen LogP contribution in [-0.4, -0.2) is 51.2 Å². The zero-order valence-electron chi connectivity index (χ0n) is 14.4. The normalized spacial score (nSPS) is 14.4. The third kappa shape index (κ3) is 3.99. The number of benzene rings is 2. The van der Waals surface area contributed by atoms with Gasteiger partial charge >= 0.3 is 0 Å². The zero-order chi connectivity index (χ0) is 17.8. The van der Waals surface area contributed by atoms with Crippen molar-refractivity contribution in [1.82, 2.24) is 4.90 Å². The van der Waals surface area contributed by atoms with E-state index in [1.165, 1.54) is 0 Å². The molecule has 0 bridgehead atoms. The summed E-state index contributed by atoms with van der Waals surface area (Å²) < 4.78 is 10.5. The molecule has 1 fully saturated rings. The minimum atomic E-state index is -0.0112. The van der Waals surface area contributed by atoms with Crippen LogP contribution in [0.25, 0.3) is 0 Å². The average molecular weight is 361 g/mol. The SMILES string of the molecule is COc1cc(OC)cc(C(=O)N2CCN(c3cccc(Cl)c3)CC2)c1. The van der Waals surface area contributed by atoms with Crippen molar-refractivity contribution >= 4 is 23.2 Å². The van der Waals surface area contributed by atoms with E-state index in [-0.39, 0.29) is 5.91 Å². The molecule has 1 saturated heterocycles. The van der Waals surface area contributed by atoms with Gasteiger partial charge in [-0.05, 0) is 30.3 Å². The van der Waals surface area contributed by atoms with Gasteiger partial charge in [0, 0.05) is 48.5 Å². The van der Waals surface area contributed by atoms with Crippen molar-refractivity contribution in [3.63, 3.8) is 0 Å². The van der Waals surface area contributed by atoms with Gasteiger partial charge in [-0.15, -0.1) is 0 Å². The third-order valence-electron chi connectivity index (χ3n) is 4.34. The van der Waals surface area contributed by atoms with Gasteiger partial charge in [-0.2, -0.15) is 0 Å². The second kappa shape index (κ2) is 7.66. The maximum Gasteiger partial charge on any atom is 0.254 e. The predicted octanol–water partition coefficient (Wildman–Crippen LogP) is 3.32. The average Bonchev–Trinajstić information content (AvgIpc) is 2.67. The zero-order valence-corrected chi connectivity index (χ0v) is 15.1. The second-order valence-corrected chi connectivity index (χ2v) is 6.30. The van der Waals surface area contributed by atoms with Gasteiger partial charge in [0.1, 0.15) is 11.5 Å². The summed E-state index contributed by atoms with van der Waals surface area (Å²) in [6, 6.07) is 13.0. The minimum absolute atomic E-state index is 0.0112. The van der Waals surface area contributed by atoms with Gasteiger partial charge in [0.15, 0.2) is 0 Å². The topological polar surface area (TPSA) is 42.0 Å². The first kappa shape index (κ1) is 17.4. The minimum Gasteiger partial charge on any atom is -0.497 e. The van der Waals surface area contributed by atoms with Crippen LogP contribution in [-0.2, 0) is 0 Å². The summed E-state index contributed by atoms with van der Waals surface area (Å²) in [6.45, 7) is 2.86. The molecular weight excluding hydrogens is 340 g/mol. The van der Waals surface area contributed by atoms with E-state index in [0.717, 1.165) is 23.8 Å². The number of rotatable bonds is 4. The van der Waals surface area contributed by atoms with Crippen molar-refractivity contribution in [3.8, 4) is 11.5 Å². The molecule has 0 aromatic heterocycles. The monoisotopic (exact) mass is 360 g/mol. The summed E-state index contributed by atoms with van der Waals surface area (Å²) in [5.74, 6) is 1.21. The first-order valence-corrected chi connectivity index (χ1v) is 8.51. The molecule has 1 heterocycles. The van der Waals surface area contributed by atoms with Gasteiger partial charge in [-0.25, -0.2) is 0 Å². The van der Waals surface area contributed by atoms with Crippen LogP contribution in [0.4, 0.5) is 5.69 Å². The predicted molar refractivity (Wildman–Crippen MR) is 99.1 cm³/mol. The molecule has 0 N–H and O–H groups in total. The van der Waals surface area contributed by atoms with Crippen LogP contribution in [0.2, 0.25) is 5.02 Å². The fraction of sp³-hybridized carbons (Fsp3) is 0.316. The quantitative estimate of drug-likeness (QED) is 0.838. The summed E-state index contributed by atoms with van der Waals surface area (Å²) in [4.78, 5) is 16.9. The van der Waals surface area contributed by atoms with Crippen molar-refractivity contribution in [2.24, 2.45) is 0 Å². The fourth-order valence-electron chi connectivity index (χ4n) is 2.95.